The zero-order chi connectivity index (χ0) is 13.8. The van der Waals surface area contributed by atoms with Crippen LogP contribution < -0.4 is 11.1 Å². The van der Waals surface area contributed by atoms with Crippen LogP contribution in [-0.2, 0) is 0 Å². The van der Waals surface area contributed by atoms with Crippen LogP contribution in [0.3, 0.4) is 0 Å². The summed E-state index contributed by atoms with van der Waals surface area (Å²) in [7, 11) is 0. The fourth-order valence-electron chi connectivity index (χ4n) is 1.92. The molecular formula is C16H18N2O. The summed E-state index contributed by atoms with van der Waals surface area (Å²) in [4.78, 5) is 12.1. The number of benzene rings is 2. The van der Waals surface area contributed by atoms with Crippen LogP contribution in [0.25, 0.3) is 0 Å². The van der Waals surface area contributed by atoms with Gasteiger partial charge >= 0.3 is 0 Å². The van der Waals surface area contributed by atoms with Gasteiger partial charge in [-0.15, -0.1) is 0 Å². The van der Waals surface area contributed by atoms with E-state index in [-0.39, 0.29) is 11.9 Å². The molecule has 3 N–H and O–H groups in total. The summed E-state index contributed by atoms with van der Waals surface area (Å²) in [5, 5.41) is 2.98. The molecule has 3 heteroatoms. The molecule has 1 amide bonds. The molecule has 2 rings (SSSR count). The molecule has 1 atom stereocenters. The predicted molar refractivity (Wildman–Crippen MR) is 77.9 cm³/mol. The van der Waals surface area contributed by atoms with Crippen LogP contribution in [0.2, 0.25) is 0 Å². The molecule has 0 aliphatic carbocycles. The summed E-state index contributed by atoms with van der Waals surface area (Å²) in [5.41, 5.74) is 9.09. The molecule has 0 saturated heterocycles. The maximum atomic E-state index is 12.1. The number of nitrogens with two attached hydrogens (primary N) is 1. The predicted octanol–water partition coefficient (Wildman–Crippen LogP) is 3.07. The summed E-state index contributed by atoms with van der Waals surface area (Å²) < 4.78 is 0. The topological polar surface area (TPSA) is 55.1 Å². The van der Waals surface area contributed by atoms with Gasteiger partial charge in [-0.1, -0.05) is 30.3 Å². The molecule has 0 fully saturated rings. The number of carbonyl (C=O) groups is 1. The molecule has 0 unspecified atom stereocenters. The van der Waals surface area contributed by atoms with Crippen molar-refractivity contribution in [3.8, 4) is 0 Å². The highest BCUT2D eigenvalue weighted by Gasteiger charge is 2.11. The highest BCUT2D eigenvalue weighted by Crippen LogP contribution is 2.15. The van der Waals surface area contributed by atoms with Crippen LogP contribution >= 0.6 is 0 Å². The lowest BCUT2D eigenvalue weighted by molar-refractivity contribution is 0.0940. The molecule has 98 valence electrons. The van der Waals surface area contributed by atoms with Gasteiger partial charge in [-0.2, -0.15) is 0 Å². The monoisotopic (exact) mass is 254 g/mol. The lowest BCUT2D eigenvalue weighted by Crippen LogP contribution is -2.26. The minimum absolute atomic E-state index is 0.0217. The molecular weight excluding hydrogens is 236 g/mol. The van der Waals surface area contributed by atoms with E-state index in [1.54, 1.807) is 12.1 Å². The Labute approximate surface area is 113 Å². The van der Waals surface area contributed by atoms with Crippen molar-refractivity contribution in [1.82, 2.24) is 5.32 Å². The Balaban J connectivity index is 2.11. The van der Waals surface area contributed by atoms with E-state index >= 15 is 0 Å². The molecule has 0 spiro atoms. The van der Waals surface area contributed by atoms with Crippen LogP contribution in [0.4, 0.5) is 5.69 Å². The van der Waals surface area contributed by atoms with E-state index in [1.807, 2.05) is 50.2 Å². The van der Waals surface area contributed by atoms with Crippen molar-refractivity contribution in [1.29, 1.82) is 0 Å². The largest absolute Gasteiger partial charge is 0.399 e. The average molecular weight is 254 g/mol. The third-order valence-corrected chi connectivity index (χ3v) is 3.18. The Kier molecular flexibility index (Phi) is 3.85. The second kappa shape index (κ2) is 5.57. The van der Waals surface area contributed by atoms with E-state index in [9.17, 15) is 4.79 Å². The summed E-state index contributed by atoms with van der Waals surface area (Å²) >= 11 is 0. The van der Waals surface area contributed by atoms with Crippen LogP contribution in [0.15, 0.2) is 48.5 Å². The zero-order valence-corrected chi connectivity index (χ0v) is 11.2. The highest BCUT2D eigenvalue weighted by molar-refractivity contribution is 5.95. The van der Waals surface area contributed by atoms with E-state index in [0.29, 0.717) is 11.3 Å². The fraction of sp³-hybridized carbons (Fsp3) is 0.188. The number of hydrogen-bond donors (Lipinski definition) is 2. The quantitative estimate of drug-likeness (QED) is 0.827. The van der Waals surface area contributed by atoms with Gasteiger partial charge < -0.3 is 11.1 Å². The number of amides is 1. The van der Waals surface area contributed by atoms with Gasteiger partial charge in [0.2, 0.25) is 0 Å². The fourth-order valence-corrected chi connectivity index (χ4v) is 1.92. The molecule has 2 aromatic carbocycles. The summed E-state index contributed by atoms with van der Waals surface area (Å²) in [5.74, 6) is -0.0838. The van der Waals surface area contributed by atoms with E-state index in [4.69, 9.17) is 5.73 Å². The first-order valence-electron chi connectivity index (χ1n) is 6.30. The van der Waals surface area contributed by atoms with Gasteiger partial charge in [0, 0.05) is 11.3 Å². The Morgan fingerprint density at radius 2 is 1.84 bits per heavy atom. The maximum absolute atomic E-state index is 12.1. The van der Waals surface area contributed by atoms with Gasteiger partial charge in [0.1, 0.15) is 0 Å². The molecule has 0 aromatic heterocycles. The first-order chi connectivity index (χ1) is 9.08. The Morgan fingerprint density at radius 3 is 2.47 bits per heavy atom. The van der Waals surface area contributed by atoms with Crippen molar-refractivity contribution in [2.24, 2.45) is 0 Å². The molecule has 0 aliphatic heterocycles. The number of anilines is 1. The summed E-state index contributed by atoms with van der Waals surface area (Å²) in [6.07, 6.45) is 0. The summed E-state index contributed by atoms with van der Waals surface area (Å²) in [6, 6.07) is 15.2. The highest BCUT2D eigenvalue weighted by atomic mass is 16.1. The first kappa shape index (κ1) is 13.1. The normalized spacial score (nSPS) is 11.9. The van der Waals surface area contributed by atoms with Crippen LogP contribution in [0, 0.1) is 6.92 Å². The molecule has 0 aliphatic rings. The molecule has 3 nitrogen and oxygen atoms in total. The van der Waals surface area contributed by atoms with Gasteiger partial charge in [-0.3, -0.25) is 4.79 Å². The minimum Gasteiger partial charge on any atom is -0.399 e. The Morgan fingerprint density at radius 1 is 1.16 bits per heavy atom. The van der Waals surface area contributed by atoms with Crippen LogP contribution in [-0.4, -0.2) is 5.91 Å². The number of rotatable bonds is 3. The maximum Gasteiger partial charge on any atom is 0.251 e. The van der Waals surface area contributed by atoms with Crippen molar-refractivity contribution < 1.29 is 4.79 Å². The van der Waals surface area contributed by atoms with Gasteiger partial charge in [0.25, 0.3) is 5.91 Å². The molecule has 2 aromatic rings. The van der Waals surface area contributed by atoms with Crippen molar-refractivity contribution in [2.75, 3.05) is 5.73 Å². The van der Waals surface area contributed by atoms with Gasteiger partial charge in [0.15, 0.2) is 0 Å². The SMILES string of the molecule is Cc1cc(C(=O)N[C@H](C)c2ccccc2)ccc1N. The second-order valence-electron chi connectivity index (χ2n) is 4.68. The van der Waals surface area contributed by atoms with Crippen molar-refractivity contribution in [3.05, 3.63) is 65.2 Å². The molecule has 0 radical (unpaired) electrons. The van der Waals surface area contributed by atoms with E-state index in [2.05, 4.69) is 5.32 Å². The molecule has 0 bridgehead atoms. The second-order valence-corrected chi connectivity index (χ2v) is 4.68. The molecule has 19 heavy (non-hydrogen) atoms. The van der Waals surface area contributed by atoms with Gasteiger partial charge in [0.05, 0.1) is 6.04 Å². The minimum atomic E-state index is -0.0838. The number of nitrogens with one attached hydrogen (secondary N) is 1. The number of hydrogen-bond acceptors (Lipinski definition) is 2. The smallest absolute Gasteiger partial charge is 0.251 e. The van der Waals surface area contributed by atoms with E-state index in [1.165, 1.54) is 0 Å². The zero-order valence-electron chi connectivity index (χ0n) is 11.2. The first-order valence-corrected chi connectivity index (χ1v) is 6.30. The standard InChI is InChI=1S/C16H18N2O/c1-11-10-14(8-9-15(11)17)16(19)18-12(2)13-6-4-3-5-7-13/h3-10,12H,17H2,1-2H3,(H,18,19)/t12-/m1/s1. The summed E-state index contributed by atoms with van der Waals surface area (Å²) in [6.45, 7) is 3.87. The average Bonchev–Trinajstić information content (AvgIpc) is 2.42. The lowest BCUT2D eigenvalue weighted by atomic mass is 10.1. The molecule has 0 saturated carbocycles. The van der Waals surface area contributed by atoms with Crippen LogP contribution in [0.5, 0.6) is 0 Å². The number of aryl methyl sites for hydroxylation is 1. The lowest BCUT2D eigenvalue weighted by Gasteiger charge is -2.14. The van der Waals surface area contributed by atoms with Gasteiger partial charge in [-0.25, -0.2) is 0 Å². The van der Waals surface area contributed by atoms with Crippen molar-refractivity contribution in [2.45, 2.75) is 19.9 Å². The van der Waals surface area contributed by atoms with Crippen molar-refractivity contribution in [3.63, 3.8) is 0 Å². The van der Waals surface area contributed by atoms with Crippen LogP contribution in [0.1, 0.15) is 34.5 Å². The Bertz CT molecular complexity index is 579. The van der Waals surface area contributed by atoms with E-state index < -0.39 is 0 Å². The number of nitrogen functional groups attached to an aromatic ring is 1. The third kappa shape index (κ3) is 3.13. The Hall–Kier alpha value is -2.29. The molecule has 0 heterocycles. The number of carbonyl (C=O) groups excluding carboxylic acids is 1. The van der Waals surface area contributed by atoms with E-state index in [0.717, 1.165) is 11.1 Å². The third-order valence-electron chi connectivity index (χ3n) is 3.18. The van der Waals surface area contributed by atoms with Gasteiger partial charge in [-0.05, 0) is 43.2 Å². The van der Waals surface area contributed by atoms with Crippen molar-refractivity contribution >= 4 is 11.6 Å².